The monoisotopic (exact) mass is 372 g/mol. The average Bonchev–Trinajstić information content (AvgIpc) is 3.26. The van der Waals surface area contributed by atoms with Crippen molar-refractivity contribution in [2.75, 3.05) is 7.11 Å². The molecular formula is C17H13ClN4O2S. The van der Waals surface area contributed by atoms with Crippen LogP contribution < -0.4 is 4.74 Å². The third kappa shape index (κ3) is 3.47. The molecule has 1 N–H and O–H groups in total. The van der Waals surface area contributed by atoms with Crippen LogP contribution in [0.15, 0.2) is 52.1 Å². The van der Waals surface area contributed by atoms with Crippen LogP contribution in [0.25, 0.3) is 22.4 Å². The maximum Gasteiger partial charge on any atom is 0.237 e. The lowest BCUT2D eigenvalue weighted by Gasteiger charge is -1.98. The second kappa shape index (κ2) is 6.78. The molecule has 0 radical (unpaired) electrons. The van der Waals surface area contributed by atoms with Gasteiger partial charge in [0.1, 0.15) is 5.75 Å². The first-order valence-corrected chi connectivity index (χ1v) is 8.83. The Morgan fingerprint density at radius 1 is 1.16 bits per heavy atom. The number of hydrogen-bond acceptors (Lipinski definition) is 6. The minimum absolute atomic E-state index is 0.525. The Labute approximate surface area is 152 Å². The van der Waals surface area contributed by atoms with E-state index in [0.29, 0.717) is 22.5 Å². The first-order chi connectivity index (χ1) is 12.2. The summed E-state index contributed by atoms with van der Waals surface area (Å²) in [6.07, 6.45) is 0. The zero-order valence-electron chi connectivity index (χ0n) is 13.2. The van der Waals surface area contributed by atoms with Gasteiger partial charge in [0.2, 0.25) is 11.7 Å². The van der Waals surface area contributed by atoms with Gasteiger partial charge < -0.3 is 14.2 Å². The number of methoxy groups -OCH3 is 1. The van der Waals surface area contributed by atoms with Gasteiger partial charge in [0.05, 0.1) is 23.9 Å². The number of halogens is 1. The van der Waals surface area contributed by atoms with Crippen molar-refractivity contribution in [3.63, 3.8) is 0 Å². The lowest BCUT2D eigenvalue weighted by Crippen LogP contribution is -1.85. The van der Waals surface area contributed by atoms with Crippen LogP contribution in [0.5, 0.6) is 5.75 Å². The predicted molar refractivity (Wildman–Crippen MR) is 97.0 cm³/mol. The summed E-state index contributed by atoms with van der Waals surface area (Å²) < 4.78 is 10.5. The Kier molecular flexibility index (Phi) is 4.33. The van der Waals surface area contributed by atoms with E-state index >= 15 is 0 Å². The molecule has 0 aliphatic carbocycles. The van der Waals surface area contributed by atoms with Crippen molar-refractivity contribution in [3.05, 3.63) is 53.4 Å². The molecule has 0 unspecified atom stereocenters. The minimum atomic E-state index is 0.525. The normalized spacial score (nSPS) is 11.1. The largest absolute Gasteiger partial charge is 0.497 e. The highest BCUT2D eigenvalue weighted by molar-refractivity contribution is 7.98. The van der Waals surface area contributed by atoms with Gasteiger partial charge in [-0.05, 0) is 42.5 Å². The molecule has 4 rings (SSSR count). The molecular weight excluding hydrogens is 360 g/mol. The highest BCUT2D eigenvalue weighted by atomic mass is 35.5. The smallest absolute Gasteiger partial charge is 0.237 e. The Morgan fingerprint density at radius 2 is 2.00 bits per heavy atom. The third-order valence-electron chi connectivity index (χ3n) is 3.57. The first-order valence-electron chi connectivity index (χ1n) is 7.46. The molecule has 0 saturated heterocycles. The molecule has 0 aliphatic heterocycles. The summed E-state index contributed by atoms with van der Waals surface area (Å²) >= 11 is 7.48. The van der Waals surface area contributed by atoms with Crippen molar-refractivity contribution < 1.29 is 9.26 Å². The van der Waals surface area contributed by atoms with Crippen molar-refractivity contribution in [1.82, 2.24) is 20.1 Å². The molecule has 2 heterocycles. The molecule has 2 aromatic carbocycles. The molecule has 0 fully saturated rings. The number of nitrogens with one attached hydrogen (secondary N) is 1. The number of rotatable bonds is 5. The molecule has 0 aliphatic rings. The number of nitrogens with zero attached hydrogens (tertiary/aromatic N) is 3. The zero-order chi connectivity index (χ0) is 17.2. The van der Waals surface area contributed by atoms with Gasteiger partial charge in [-0.1, -0.05) is 28.5 Å². The number of H-pyrrole nitrogens is 1. The topological polar surface area (TPSA) is 76.8 Å². The molecule has 2 aromatic heterocycles. The highest BCUT2D eigenvalue weighted by Gasteiger charge is 2.11. The van der Waals surface area contributed by atoms with Crippen LogP contribution in [-0.2, 0) is 5.75 Å². The van der Waals surface area contributed by atoms with Gasteiger partial charge in [0.25, 0.3) is 0 Å². The summed E-state index contributed by atoms with van der Waals surface area (Å²) in [4.78, 5) is 12.1. The summed E-state index contributed by atoms with van der Waals surface area (Å²) in [7, 11) is 1.63. The van der Waals surface area contributed by atoms with E-state index in [9.17, 15) is 0 Å². The van der Waals surface area contributed by atoms with E-state index < -0.39 is 0 Å². The van der Waals surface area contributed by atoms with Crippen LogP contribution in [0.2, 0.25) is 5.02 Å². The fraction of sp³-hybridized carbons (Fsp3) is 0.118. The Bertz CT molecular complexity index is 1010. The molecule has 25 heavy (non-hydrogen) atoms. The number of imidazole rings is 1. The van der Waals surface area contributed by atoms with Gasteiger partial charge >= 0.3 is 0 Å². The van der Waals surface area contributed by atoms with E-state index in [4.69, 9.17) is 20.9 Å². The molecule has 4 aromatic rings. The number of hydrogen-bond donors (Lipinski definition) is 1. The fourth-order valence-electron chi connectivity index (χ4n) is 2.33. The van der Waals surface area contributed by atoms with Gasteiger partial charge in [-0.2, -0.15) is 4.98 Å². The van der Waals surface area contributed by atoms with E-state index in [1.807, 2.05) is 42.5 Å². The van der Waals surface area contributed by atoms with E-state index in [1.54, 1.807) is 7.11 Å². The van der Waals surface area contributed by atoms with Crippen LogP contribution in [-0.4, -0.2) is 27.2 Å². The van der Waals surface area contributed by atoms with Crippen molar-refractivity contribution >= 4 is 34.4 Å². The van der Waals surface area contributed by atoms with Crippen molar-refractivity contribution in [2.24, 2.45) is 0 Å². The van der Waals surface area contributed by atoms with Crippen molar-refractivity contribution in [2.45, 2.75) is 10.9 Å². The molecule has 8 heteroatoms. The molecule has 126 valence electrons. The summed E-state index contributed by atoms with van der Waals surface area (Å²) in [5.41, 5.74) is 2.65. The van der Waals surface area contributed by atoms with Crippen LogP contribution in [0.1, 0.15) is 5.89 Å². The second-order valence-corrected chi connectivity index (χ2v) is 6.63. The number of aromatic nitrogens is 4. The third-order valence-corrected chi connectivity index (χ3v) is 4.66. The zero-order valence-corrected chi connectivity index (χ0v) is 14.8. The predicted octanol–water partition coefficient (Wildman–Crippen LogP) is 4.57. The number of aromatic amines is 1. The summed E-state index contributed by atoms with van der Waals surface area (Å²) in [6, 6.07) is 13.1. The number of benzene rings is 2. The fourth-order valence-corrected chi connectivity index (χ4v) is 3.22. The molecule has 0 saturated carbocycles. The van der Waals surface area contributed by atoms with Gasteiger partial charge in [0, 0.05) is 10.6 Å². The van der Waals surface area contributed by atoms with E-state index in [1.165, 1.54) is 11.8 Å². The minimum Gasteiger partial charge on any atom is -0.497 e. The maximum atomic E-state index is 5.99. The van der Waals surface area contributed by atoms with Gasteiger partial charge in [-0.3, -0.25) is 0 Å². The Balaban J connectivity index is 1.46. The van der Waals surface area contributed by atoms with E-state index in [-0.39, 0.29) is 0 Å². The average molecular weight is 373 g/mol. The van der Waals surface area contributed by atoms with E-state index in [0.717, 1.165) is 27.5 Å². The first kappa shape index (κ1) is 16.0. The van der Waals surface area contributed by atoms with Gasteiger partial charge in [-0.25, -0.2) is 4.98 Å². The molecule has 0 amide bonds. The maximum absolute atomic E-state index is 5.99. The number of ether oxygens (including phenoxy) is 1. The lowest BCUT2D eigenvalue weighted by atomic mass is 10.2. The molecule has 0 spiro atoms. The van der Waals surface area contributed by atoms with Crippen molar-refractivity contribution in [1.29, 1.82) is 0 Å². The standard InChI is InChI=1S/C17H13ClN4O2S/c1-23-12-5-2-10(3-6-12)16-21-15(24-22-16)9-25-17-19-13-7-4-11(18)8-14(13)20-17/h2-8H,9H2,1H3,(H,19,20). The Morgan fingerprint density at radius 3 is 2.80 bits per heavy atom. The summed E-state index contributed by atoms with van der Waals surface area (Å²) in [6.45, 7) is 0. The molecule has 0 atom stereocenters. The lowest BCUT2D eigenvalue weighted by molar-refractivity contribution is 0.391. The van der Waals surface area contributed by atoms with Gasteiger partial charge in [0.15, 0.2) is 5.16 Å². The van der Waals surface area contributed by atoms with Crippen LogP contribution >= 0.6 is 23.4 Å². The Hall–Kier alpha value is -2.51. The van der Waals surface area contributed by atoms with Crippen LogP contribution in [0.3, 0.4) is 0 Å². The quantitative estimate of drug-likeness (QED) is 0.517. The highest BCUT2D eigenvalue weighted by Crippen LogP contribution is 2.25. The second-order valence-electron chi connectivity index (χ2n) is 5.23. The van der Waals surface area contributed by atoms with Crippen molar-refractivity contribution in [3.8, 4) is 17.1 Å². The SMILES string of the molecule is COc1ccc(-c2noc(CSc3nc4ccc(Cl)cc4[nH]3)n2)cc1. The van der Waals surface area contributed by atoms with Crippen LogP contribution in [0, 0.1) is 0 Å². The molecule has 6 nitrogen and oxygen atoms in total. The molecule has 0 bridgehead atoms. The number of thioether (sulfide) groups is 1. The summed E-state index contributed by atoms with van der Waals surface area (Å²) in [5, 5.41) is 5.47. The number of fused-ring (bicyclic) bond motifs is 1. The van der Waals surface area contributed by atoms with E-state index in [2.05, 4.69) is 20.1 Å². The summed E-state index contributed by atoms with van der Waals surface area (Å²) in [5.74, 6) is 2.40. The van der Waals surface area contributed by atoms with Gasteiger partial charge in [-0.15, -0.1) is 0 Å². The van der Waals surface area contributed by atoms with Crippen LogP contribution in [0.4, 0.5) is 0 Å².